The van der Waals surface area contributed by atoms with Gasteiger partial charge < -0.3 is 0 Å². The Kier molecular flexibility index (Phi) is 9.18. The van der Waals surface area contributed by atoms with Gasteiger partial charge in [0, 0.05) is 0 Å². The first kappa shape index (κ1) is 12.5. The lowest BCUT2D eigenvalue weighted by atomic mass is 10.1. The summed E-state index contributed by atoms with van der Waals surface area (Å²) in [7, 11) is 0. The van der Waals surface area contributed by atoms with Crippen LogP contribution in [0, 0.1) is 0 Å². The predicted molar refractivity (Wildman–Crippen MR) is 61.9 cm³/mol. The van der Waals surface area contributed by atoms with Gasteiger partial charge in [-0.2, -0.15) is 0 Å². The summed E-state index contributed by atoms with van der Waals surface area (Å²) in [5, 5.41) is 0. The van der Waals surface area contributed by atoms with E-state index < -0.39 is 0 Å². The van der Waals surface area contributed by atoms with Crippen molar-refractivity contribution in [3.05, 3.63) is 24.3 Å². The van der Waals surface area contributed by atoms with Crippen LogP contribution in [-0.4, -0.2) is 0 Å². The monoisotopic (exact) mass is 180 g/mol. The lowest BCUT2D eigenvalue weighted by molar-refractivity contribution is 0.672. The molecule has 0 saturated heterocycles. The molecule has 0 heteroatoms. The van der Waals surface area contributed by atoms with Crippen molar-refractivity contribution in [1.29, 1.82) is 0 Å². The van der Waals surface area contributed by atoms with E-state index in [0.717, 1.165) is 6.42 Å². The van der Waals surface area contributed by atoms with Crippen molar-refractivity contribution < 1.29 is 0 Å². The van der Waals surface area contributed by atoms with Crippen LogP contribution in [0.2, 0.25) is 0 Å². The normalized spacial score (nSPS) is 11.7. The molecule has 0 heterocycles. The van der Waals surface area contributed by atoms with Gasteiger partial charge in [0.15, 0.2) is 0 Å². The standard InChI is InChI=1S/C13H24/c1-4-7-8-9-10-12-13(6-3)11-5-2/h5,12H,2,4,6-11H2,1,3H3. The molecule has 0 atom stereocenters. The number of unbranched alkanes of at least 4 members (excludes halogenated alkanes) is 4. The molecule has 76 valence electrons. The maximum Gasteiger partial charge on any atom is -0.0142 e. The molecule has 0 aliphatic carbocycles. The number of hydrogen-bond acceptors (Lipinski definition) is 0. The van der Waals surface area contributed by atoms with E-state index in [-0.39, 0.29) is 0 Å². The summed E-state index contributed by atoms with van der Waals surface area (Å²) in [6.45, 7) is 8.24. The summed E-state index contributed by atoms with van der Waals surface area (Å²) < 4.78 is 0. The Morgan fingerprint density at radius 1 is 1.15 bits per heavy atom. The first-order valence-electron chi connectivity index (χ1n) is 5.63. The Morgan fingerprint density at radius 2 is 1.92 bits per heavy atom. The lowest BCUT2D eigenvalue weighted by Gasteiger charge is -2.00. The molecule has 0 aliphatic rings. The summed E-state index contributed by atoms with van der Waals surface area (Å²) in [5.74, 6) is 0. The summed E-state index contributed by atoms with van der Waals surface area (Å²) in [6.07, 6.45) is 13.4. The van der Waals surface area contributed by atoms with Gasteiger partial charge in [-0.05, 0) is 25.7 Å². The molecule has 0 spiro atoms. The van der Waals surface area contributed by atoms with Crippen LogP contribution in [-0.2, 0) is 0 Å². The van der Waals surface area contributed by atoms with Crippen LogP contribution in [0.25, 0.3) is 0 Å². The maximum atomic E-state index is 3.77. The van der Waals surface area contributed by atoms with Gasteiger partial charge in [-0.25, -0.2) is 0 Å². The summed E-state index contributed by atoms with van der Waals surface area (Å²) in [6, 6.07) is 0. The van der Waals surface area contributed by atoms with Crippen molar-refractivity contribution in [2.45, 2.75) is 58.8 Å². The fourth-order valence-corrected chi connectivity index (χ4v) is 1.43. The molecule has 0 nitrogen and oxygen atoms in total. The molecule has 0 saturated carbocycles. The van der Waals surface area contributed by atoms with E-state index in [4.69, 9.17) is 0 Å². The molecule has 0 N–H and O–H groups in total. The Bertz CT molecular complexity index is 142. The number of allylic oxidation sites excluding steroid dienone is 3. The van der Waals surface area contributed by atoms with Crippen molar-refractivity contribution >= 4 is 0 Å². The van der Waals surface area contributed by atoms with Crippen molar-refractivity contribution in [3.63, 3.8) is 0 Å². The lowest BCUT2D eigenvalue weighted by Crippen LogP contribution is -1.80. The van der Waals surface area contributed by atoms with Crippen LogP contribution in [0.3, 0.4) is 0 Å². The van der Waals surface area contributed by atoms with Crippen LogP contribution in [0.4, 0.5) is 0 Å². The van der Waals surface area contributed by atoms with Crippen LogP contribution < -0.4 is 0 Å². The van der Waals surface area contributed by atoms with Gasteiger partial charge in [0.1, 0.15) is 0 Å². The minimum Gasteiger partial charge on any atom is -0.103 e. The smallest absolute Gasteiger partial charge is 0.0142 e. The zero-order valence-electron chi connectivity index (χ0n) is 9.31. The van der Waals surface area contributed by atoms with Crippen LogP contribution in [0.15, 0.2) is 24.3 Å². The van der Waals surface area contributed by atoms with Crippen molar-refractivity contribution in [2.24, 2.45) is 0 Å². The van der Waals surface area contributed by atoms with Crippen molar-refractivity contribution in [1.82, 2.24) is 0 Å². The molecule has 0 aromatic carbocycles. The highest BCUT2D eigenvalue weighted by molar-refractivity contribution is 5.05. The Morgan fingerprint density at radius 3 is 2.46 bits per heavy atom. The van der Waals surface area contributed by atoms with Crippen LogP contribution in [0.5, 0.6) is 0 Å². The van der Waals surface area contributed by atoms with E-state index in [0.29, 0.717) is 0 Å². The quantitative estimate of drug-likeness (QED) is 0.369. The molecule has 13 heavy (non-hydrogen) atoms. The van der Waals surface area contributed by atoms with E-state index in [1.807, 2.05) is 6.08 Å². The first-order valence-corrected chi connectivity index (χ1v) is 5.63. The minimum atomic E-state index is 1.07. The third kappa shape index (κ3) is 7.83. The third-order valence-corrected chi connectivity index (χ3v) is 2.35. The second-order valence-electron chi connectivity index (χ2n) is 3.56. The molecule has 0 aromatic rings. The van der Waals surface area contributed by atoms with Gasteiger partial charge in [-0.15, -0.1) is 6.58 Å². The highest BCUT2D eigenvalue weighted by Crippen LogP contribution is 2.10. The fraction of sp³-hybridized carbons (Fsp3) is 0.692. The maximum absolute atomic E-state index is 3.77. The van der Waals surface area contributed by atoms with E-state index in [1.54, 1.807) is 5.57 Å². The van der Waals surface area contributed by atoms with Gasteiger partial charge in [0.25, 0.3) is 0 Å². The van der Waals surface area contributed by atoms with Crippen molar-refractivity contribution in [2.75, 3.05) is 0 Å². The van der Waals surface area contributed by atoms with Crippen molar-refractivity contribution in [3.8, 4) is 0 Å². The molecule has 0 bridgehead atoms. The number of hydrogen-bond donors (Lipinski definition) is 0. The molecule has 0 radical (unpaired) electrons. The van der Waals surface area contributed by atoms with Gasteiger partial charge >= 0.3 is 0 Å². The average Bonchev–Trinajstić information content (AvgIpc) is 2.16. The fourth-order valence-electron chi connectivity index (χ4n) is 1.43. The molecule has 0 unspecified atom stereocenters. The number of rotatable bonds is 8. The van der Waals surface area contributed by atoms with E-state index in [9.17, 15) is 0 Å². The second-order valence-corrected chi connectivity index (χ2v) is 3.56. The highest BCUT2D eigenvalue weighted by Gasteiger charge is 1.90. The summed E-state index contributed by atoms with van der Waals surface area (Å²) in [4.78, 5) is 0. The average molecular weight is 180 g/mol. The highest BCUT2D eigenvalue weighted by atomic mass is 14.0. The molecule has 0 aliphatic heterocycles. The van der Waals surface area contributed by atoms with Gasteiger partial charge in [-0.3, -0.25) is 0 Å². The Balaban J connectivity index is 3.48. The molecule has 0 amide bonds. The predicted octanol–water partition coefficient (Wildman–Crippen LogP) is 4.87. The zero-order valence-corrected chi connectivity index (χ0v) is 9.31. The van der Waals surface area contributed by atoms with Crippen LogP contribution >= 0.6 is 0 Å². The van der Waals surface area contributed by atoms with E-state index in [1.165, 1.54) is 38.5 Å². The van der Waals surface area contributed by atoms with Gasteiger partial charge in [-0.1, -0.05) is 50.8 Å². The Hall–Kier alpha value is -0.520. The molecular formula is C13H24. The zero-order chi connectivity index (χ0) is 9.94. The van der Waals surface area contributed by atoms with Gasteiger partial charge in [0.2, 0.25) is 0 Å². The summed E-state index contributed by atoms with van der Waals surface area (Å²) >= 11 is 0. The second kappa shape index (κ2) is 9.57. The largest absolute Gasteiger partial charge is 0.103 e. The topological polar surface area (TPSA) is 0 Å². The summed E-state index contributed by atoms with van der Waals surface area (Å²) in [5.41, 5.74) is 1.55. The molecule has 0 rings (SSSR count). The van der Waals surface area contributed by atoms with Crippen LogP contribution in [0.1, 0.15) is 58.8 Å². The molecular weight excluding hydrogens is 156 g/mol. The van der Waals surface area contributed by atoms with E-state index >= 15 is 0 Å². The Labute approximate surface area is 83.7 Å². The van der Waals surface area contributed by atoms with E-state index in [2.05, 4.69) is 26.5 Å². The first-order chi connectivity index (χ1) is 6.35. The SMILES string of the molecule is C=CCC(=CCCCCCC)CC. The third-order valence-electron chi connectivity index (χ3n) is 2.35. The van der Waals surface area contributed by atoms with Gasteiger partial charge in [0.05, 0.1) is 0 Å². The minimum absolute atomic E-state index is 1.07. The molecule has 0 fully saturated rings. The molecule has 0 aromatic heterocycles.